The van der Waals surface area contributed by atoms with Crippen molar-refractivity contribution in [3.05, 3.63) is 95.1 Å². The van der Waals surface area contributed by atoms with Gasteiger partial charge in [-0.15, -0.1) is 0 Å². The number of anilines is 1. The summed E-state index contributed by atoms with van der Waals surface area (Å²) in [5, 5.41) is 2.71. The molecule has 0 aliphatic heterocycles. The first-order chi connectivity index (χ1) is 14.3. The second-order valence-corrected chi connectivity index (χ2v) is 6.47. The zero-order chi connectivity index (χ0) is 23.4. The van der Waals surface area contributed by atoms with Crippen molar-refractivity contribution in [2.24, 2.45) is 0 Å². The number of benzene rings is 2. The lowest BCUT2D eigenvalue weighted by Crippen LogP contribution is -2.13. The predicted octanol–water partition coefficient (Wildman–Crippen LogP) is 7.59. The van der Waals surface area contributed by atoms with Crippen LogP contribution in [-0.2, 0) is 6.54 Å². The van der Waals surface area contributed by atoms with Crippen molar-refractivity contribution in [1.29, 1.82) is 0 Å². The van der Waals surface area contributed by atoms with Gasteiger partial charge in [0.25, 0.3) is 0 Å². The van der Waals surface area contributed by atoms with E-state index in [1.54, 1.807) is 0 Å². The van der Waals surface area contributed by atoms with E-state index in [0.29, 0.717) is 24.8 Å². The van der Waals surface area contributed by atoms with Crippen LogP contribution in [0.25, 0.3) is 5.57 Å². The van der Waals surface area contributed by atoms with Gasteiger partial charge in [-0.2, -0.15) is 26.3 Å². The van der Waals surface area contributed by atoms with Gasteiger partial charge in [-0.3, -0.25) is 0 Å². The Hall–Kier alpha value is -3.10. The van der Waals surface area contributed by atoms with Gasteiger partial charge in [0.15, 0.2) is 0 Å². The van der Waals surface area contributed by atoms with Crippen LogP contribution in [0, 0.1) is 11.6 Å². The van der Waals surface area contributed by atoms with Crippen molar-refractivity contribution in [3.63, 3.8) is 0 Å². The Bertz CT molecular complexity index is 975. The number of halogens is 8. The van der Waals surface area contributed by atoms with E-state index in [1.807, 2.05) is 0 Å². The van der Waals surface area contributed by atoms with Crippen molar-refractivity contribution in [1.82, 2.24) is 0 Å². The number of rotatable bonds is 6. The van der Waals surface area contributed by atoms with E-state index < -0.39 is 40.7 Å². The highest BCUT2D eigenvalue weighted by Gasteiger charge is 2.35. The minimum atomic E-state index is -4.88. The Morgan fingerprint density at radius 2 is 1.45 bits per heavy atom. The Balaban J connectivity index is 2.39. The first-order valence-electron chi connectivity index (χ1n) is 8.81. The van der Waals surface area contributed by atoms with E-state index >= 15 is 0 Å². The molecule has 0 fully saturated rings. The third kappa shape index (κ3) is 6.19. The lowest BCUT2D eigenvalue weighted by atomic mass is 9.97. The Morgan fingerprint density at radius 1 is 0.903 bits per heavy atom. The third-order valence-corrected chi connectivity index (χ3v) is 4.40. The Labute approximate surface area is 173 Å². The van der Waals surface area contributed by atoms with Crippen molar-refractivity contribution < 1.29 is 35.1 Å². The maximum absolute atomic E-state index is 13.7. The quantitative estimate of drug-likeness (QED) is 0.355. The van der Waals surface area contributed by atoms with E-state index in [9.17, 15) is 35.1 Å². The molecule has 0 heterocycles. The van der Waals surface area contributed by atoms with Crippen LogP contribution in [0.4, 0.5) is 40.8 Å². The zero-order valence-electron chi connectivity index (χ0n) is 16.1. The summed E-state index contributed by atoms with van der Waals surface area (Å²) < 4.78 is 106. The molecule has 0 saturated carbocycles. The zero-order valence-corrected chi connectivity index (χ0v) is 16.1. The molecule has 0 amide bonds. The summed E-state index contributed by atoms with van der Waals surface area (Å²) in [5.41, 5.74) is -3.27. The summed E-state index contributed by atoms with van der Waals surface area (Å²) in [6.07, 6.45) is -8.93. The van der Waals surface area contributed by atoms with Gasteiger partial charge in [-0.25, -0.2) is 8.78 Å². The van der Waals surface area contributed by atoms with E-state index in [2.05, 4.69) is 11.9 Å². The van der Waals surface area contributed by atoms with Gasteiger partial charge >= 0.3 is 12.4 Å². The molecule has 0 aliphatic carbocycles. The molecule has 0 saturated heterocycles. The van der Waals surface area contributed by atoms with E-state index in [4.69, 9.17) is 0 Å². The van der Waals surface area contributed by atoms with Crippen molar-refractivity contribution >= 4 is 11.3 Å². The van der Waals surface area contributed by atoms with E-state index in [1.165, 1.54) is 30.3 Å². The Kier molecular flexibility index (Phi) is 7.30. The summed E-state index contributed by atoms with van der Waals surface area (Å²) in [7, 11) is 0. The van der Waals surface area contributed by atoms with Gasteiger partial charge in [0.2, 0.25) is 0 Å². The Morgan fingerprint density at radius 3 is 1.90 bits per heavy atom. The molecule has 0 aromatic heterocycles. The molecule has 9 heteroatoms. The number of hydrogen-bond donors (Lipinski definition) is 1. The molecule has 2 aromatic rings. The van der Waals surface area contributed by atoms with E-state index in [-0.39, 0.29) is 17.7 Å². The topological polar surface area (TPSA) is 12.0 Å². The first kappa shape index (κ1) is 24.2. The maximum atomic E-state index is 13.7. The van der Waals surface area contributed by atoms with Crippen LogP contribution in [-0.4, -0.2) is 12.4 Å². The highest BCUT2D eigenvalue weighted by Crippen LogP contribution is 2.36. The average Bonchev–Trinajstić information content (AvgIpc) is 2.67. The summed E-state index contributed by atoms with van der Waals surface area (Å²) in [4.78, 5) is 0. The fraction of sp³-hybridized carbons (Fsp3) is 0.182. The summed E-state index contributed by atoms with van der Waals surface area (Å²) in [5.74, 6) is -1.55. The fourth-order valence-electron chi connectivity index (χ4n) is 2.63. The number of alkyl halides is 6. The molecule has 1 N–H and O–H groups in total. The number of nitrogens with one attached hydrogen (secondary N) is 1. The predicted molar refractivity (Wildman–Crippen MR) is 103 cm³/mol. The van der Waals surface area contributed by atoms with Crippen LogP contribution in [0.5, 0.6) is 0 Å². The smallest absolute Gasteiger partial charge is 0.381 e. The van der Waals surface area contributed by atoms with Crippen molar-refractivity contribution in [2.75, 3.05) is 5.32 Å². The second kappa shape index (κ2) is 9.36. The van der Waals surface area contributed by atoms with Crippen LogP contribution < -0.4 is 5.32 Å². The van der Waals surface area contributed by atoms with Crippen molar-refractivity contribution in [3.8, 4) is 0 Å². The molecule has 0 spiro atoms. The molecule has 0 aliphatic rings. The molecule has 2 aromatic carbocycles. The highest BCUT2D eigenvalue weighted by atomic mass is 19.4. The van der Waals surface area contributed by atoms with Gasteiger partial charge in [0.1, 0.15) is 11.6 Å². The standard InChI is InChI=1S/C22H17F8N/c1-3-15(22(28,29)30)11-17(13(2)21(25,26)27)14-7-9-16(10-8-14)31-12-18-19(23)5-4-6-20(18)24/h3-11,31H,1,12H2,2H3/b15-11+,17-13-. The summed E-state index contributed by atoms with van der Waals surface area (Å²) in [6, 6.07) is 8.30. The second-order valence-electron chi connectivity index (χ2n) is 6.47. The van der Waals surface area contributed by atoms with E-state index in [0.717, 1.165) is 12.1 Å². The highest BCUT2D eigenvalue weighted by molar-refractivity contribution is 5.79. The fourth-order valence-corrected chi connectivity index (χ4v) is 2.63. The molecule has 31 heavy (non-hydrogen) atoms. The first-order valence-corrected chi connectivity index (χ1v) is 8.81. The van der Waals surface area contributed by atoms with Gasteiger partial charge < -0.3 is 5.32 Å². The molecule has 0 unspecified atom stereocenters. The maximum Gasteiger partial charge on any atom is 0.416 e. The van der Waals surface area contributed by atoms with Crippen molar-refractivity contribution in [2.45, 2.75) is 25.8 Å². The van der Waals surface area contributed by atoms with Gasteiger partial charge in [0, 0.05) is 23.4 Å². The number of allylic oxidation sites excluding steroid dienone is 5. The largest absolute Gasteiger partial charge is 0.416 e. The van der Waals surface area contributed by atoms with Crippen LogP contribution in [0.2, 0.25) is 0 Å². The lowest BCUT2D eigenvalue weighted by Gasteiger charge is -2.16. The van der Waals surface area contributed by atoms with Crippen LogP contribution >= 0.6 is 0 Å². The molecular weight excluding hydrogens is 430 g/mol. The molecule has 166 valence electrons. The summed E-state index contributed by atoms with van der Waals surface area (Å²) >= 11 is 0. The van der Waals surface area contributed by atoms with Gasteiger partial charge in [0.05, 0.1) is 5.57 Å². The number of hydrogen-bond acceptors (Lipinski definition) is 1. The van der Waals surface area contributed by atoms with Crippen LogP contribution in [0.15, 0.2) is 72.3 Å². The minimum Gasteiger partial charge on any atom is -0.381 e. The average molecular weight is 447 g/mol. The normalized spacial score (nSPS) is 13.6. The molecule has 0 bridgehead atoms. The van der Waals surface area contributed by atoms with Crippen LogP contribution in [0.3, 0.4) is 0 Å². The van der Waals surface area contributed by atoms with Crippen LogP contribution in [0.1, 0.15) is 18.1 Å². The summed E-state index contributed by atoms with van der Waals surface area (Å²) in [6.45, 7) is 3.45. The van der Waals surface area contributed by atoms with Gasteiger partial charge in [-0.05, 0) is 48.4 Å². The molecular formula is C22H17F8N. The SMILES string of the molecule is C=C/C(=C\C(=C(/C)C(F)(F)F)c1ccc(NCc2c(F)cccc2F)cc1)C(F)(F)F. The molecule has 0 atom stereocenters. The third-order valence-electron chi connectivity index (χ3n) is 4.40. The molecule has 0 radical (unpaired) electrons. The molecule has 2 rings (SSSR count). The lowest BCUT2D eigenvalue weighted by molar-refractivity contribution is -0.0917. The molecule has 1 nitrogen and oxygen atoms in total. The van der Waals surface area contributed by atoms with Gasteiger partial charge in [-0.1, -0.05) is 30.9 Å². The monoisotopic (exact) mass is 447 g/mol. The minimum absolute atomic E-state index is 0.124.